The highest BCUT2D eigenvalue weighted by Gasteiger charge is 2.15. The van der Waals surface area contributed by atoms with E-state index in [4.69, 9.17) is 10.2 Å². The van der Waals surface area contributed by atoms with Gasteiger partial charge in [0, 0.05) is 0 Å². The monoisotopic (exact) mass is 258 g/mol. The van der Waals surface area contributed by atoms with Crippen molar-refractivity contribution in [2.75, 3.05) is 13.1 Å². The summed E-state index contributed by atoms with van der Waals surface area (Å²) in [5.41, 5.74) is 5.53. The van der Waals surface area contributed by atoms with Gasteiger partial charge < -0.3 is 10.2 Å². The van der Waals surface area contributed by atoms with Crippen LogP contribution in [0, 0.1) is 0 Å². The Morgan fingerprint density at radius 1 is 1.43 bits per heavy atom. The fourth-order valence-corrected chi connectivity index (χ4v) is 2.33. The van der Waals surface area contributed by atoms with Crippen molar-refractivity contribution in [2.45, 2.75) is 25.9 Å². The molecule has 0 saturated carbocycles. The van der Waals surface area contributed by atoms with Crippen LogP contribution in [0.4, 0.5) is 0 Å². The minimum absolute atomic E-state index is 0.459. The van der Waals surface area contributed by atoms with Crippen LogP contribution in [0.2, 0.25) is 0 Å². The third-order valence-corrected chi connectivity index (χ3v) is 3.24. The van der Waals surface area contributed by atoms with Gasteiger partial charge in [0.15, 0.2) is 0 Å². The molecule has 1 aliphatic heterocycles. The predicted octanol–water partition coefficient (Wildman–Crippen LogP) is 2.10. The average molecular weight is 259 g/mol. The maximum absolute atomic E-state index is 5.61. The fourth-order valence-electron chi connectivity index (χ4n) is 1.84. The smallest absolute Gasteiger partial charge is 0.131 e. The van der Waals surface area contributed by atoms with E-state index in [1.165, 1.54) is 25.9 Å². The topological polar surface area (TPSA) is 42.4 Å². The van der Waals surface area contributed by atoms with Gasteiger partial charge in [-0.15, -0.1) is 0 Å². The molecule has 1 fully saturated rings. The van der Waals surface area contributed by atoms with Crippen LogP contribution >= 0.6 is 15.9 Å². The van der Waals surface area contributed by atoms with Crippen LogP contribution in [0.3, 0.4) is 0 Å². The molecule has 4 heteroatoms. The van der Waals surface area contributed by atoms with Gasteiger partial charge in [-0.1, -0.05) is 0 Å². The summed E-state index contributed by atoms with van der Waals surface area (Å²) in [5.74, 6) is 1.86. The second-order valence-corrected chi connectivity index (χ2v) is 4.53. The van der Waals surface area contributed by atoms with Gasteiger partial charge in [-0.3, -0.25) is 4.90 Å². The summed E-state index contributed by atoms with van der Waals surface area (Å²) in [4.78, 5) is 2.41. The molecule has 1 aliphatic rings. The lowest BCUT2D eigenvalue weighted by atomic mass is 10.4. The van der Waals surface area contributed by atoms with Gasteiger partial charge in [0.05, 0.1) is 17.6 Å². The molecule has 0 aliphatic carbocycles. The summed E-state index contributed by atoms with van der Waals surface area (Å²) >= 11 is 3.43. The van der Waals surface area contributed by atoms with E-state index in [1.54, 1.807) is 0 Å². The Labute approximate surface area is 92.4 Å². The third-order valence-electron chi connectivity index (χ3n) is 2.57. The lowest BCUT2D eigenvalue weighted by Crippen LogP contribution is -2.17. The van der Waals surface area contributed by atoms with Crippen LogP contribution in [0.25, 0.3) is 0 Å². The van der Waals surface area contributed by atoms with Gasteiger partial charge in [-0.25, -0.2) is 0 Å². The molecule has 1 aromatic rings. The molecule has 0 spiro atoms. The molecule has 78 valence electrons. The predicted molar refractivity (Wildman–Crippen MR) is 58.8 cm³/mol. The van der Waals surface area contributed by atoms with Crippen molar-refractivity contribution in [1.29, 1.82) is 0 Å². The van der Waals surface area contributed by atoms with E-state index < -0.39 is 0 Å². The molecule has 0 aromatic carbocycles. The first-order chi connectivity index (χ1) is 6.79. The zero-order valence-corrected chi connectivity index (χ0v) is 9.72. The first-order valence-corrected chi connectivity index (χ1v) is 5.78. The summed E-state index contributed by atoms with van der Waals surface area (Å²) < 4.78 is 6.61. The Kier molecular flexibility index (Phi) is 3.26. The first kappa shape index (κ1) is 10.2. The maximum atomic E-state index is 5.61. The van der Waals surface area contributed by atoms with Gasteiger partial charge in [0.2, 0.25) is 0 Å². The molecule has 3 nitrogen and oxygen atoms in total. The number of hydrogen-bond donors (Lipinski definition) is 1. The van der Waals surface area contributed by atoms with Gasteiger partial charge in [-0.2, -0.15) is 0 Å². The summed E-state index contributed by atoms with van der Waals surface area (Å²) in [7, 11) is 0. The molecule has 0 radical (unpaired) electrons. The summed E-state index contributed by atoms with van der Waals surface area (Å²) in [6, 6.07) is 2.03. The highest BCUT2D eigenvalue weighted by Crippen LogP contribution is 2.23. The van der Waals surface area contributed by atoms with Crippen LogP contribution in [0.1, 0.15) is 24.4 Å². The Balaban J connectivity index is 2.01. The van der Waals surface area contributed by atoms with Gasteiger partial charge in [-0.05, 0) is 47.9 Å². The van der Waals surface area contributed by atoms with Crippen LogP contribution in [0.5, 0.6) is 0 Å². The minimum atomic E-state index is 0.459. The van der Waals surface area contributed by atoms with Gasteiger partial charge in [0.1, 0.15) is 11.5 Å². The number of rotatable bonds is 3. The van der Waals surface area contributed by atoms with Crippen LogP contribution in [-0.2, 0) is 13.1 Å². The number of hydrogen-bond acceptors (Lipinski definition) is 3. The van der Waals surface area contributed by atoms with E-state index in [-0.39, 0.29) is 0 Å². The summed E-state index contributed by atoms with van der Waals surface area (Å²) in [5, 5.41) is 0. The molecule has 1 aromatic heterocycles. The second kappa shape index (κ2) is 4.47. The summed E-state index contributed by atoms with van der Waals surface area (Å²) in [6.07, 6.45) is 2.62. The van der Waals surface area contributed by atoms with E-state index in [9.17, 15) is 0 Å². The quantitative estimate of drug-likeness (QED) is 0.903. The van der Waals surface area contributed by atoms with Crippen LogP contribution in [-0.4, -0.2) is 18.0 Å². The number of nitrogens with two attached hydrogens (primary N) is 1. The van der Waals surface area contributed by atoms with Crippen molar-refractivity contribution < 1.29 is 4.42 Å². The zero-order chi connectivity index (χ0) is 9.97. The molecule has 2 heterocycles. The molecular formula is C10H15BrN2O. The van der Waals surface area contributed by atoms with Crippen molar-refractivity contribution in [1.82, 2.24) is 4.90 Å². The van der Waals surface area contributed by atoms with E-state index >= 15 is 0 Å². The SMILES string of the molecule is NCc1oc(CN2CCCC2)cc1Br. The summed E-state index contributed by atoms with van der Waals surface area (Å²) in [6.45, 7) is 3.76. The molecule has 0 unspecified atom stereocenters. The van der Waals surface area contributed by atoms with E-state index in [0.717, 1.165) is 22.5 Å². The molecular weight excluding hydrogens is 244 g/mol. The minimum Gasteiger partial charge on any atom is -0.462 e. The lowest BCUT2D eigenvalue weighted by molar-refractivity contribution is 0.293. The molecule has 2 N–H and O–H groups in total. The molecule has 14 heavy (non-hydrogen) atoms. The Morgan fingerprint density at radius 2 is 2.14 bits per heavy atom. The molecule has 0 amide bonds. The number of likely N-dealkylation sites (tertiary alicyclic amines) is 1. The fraction of sp³-hybridized carbons (Fsp3) is 0.600. The standard InChI is InChI=1S/C10H15BrN2O/c11-9-5-8(14-10(9)6-12)7-13-3-1-2-4-13/h5H,1-4,6-7,12H2. The van der Waals surface area contributed by atoms with Crippen molar-refractivity contribution in [3.63, 3.8) is 0 Å². The first-order valence-electron chi connectivity index (χ1n) is 4.99. The second-order valence-electron chi connectivity index (χ2n) is 3.67. The normalized spacial score (nSPS) is 17.9. The third kappa shape index (κ3) is 2.19. The van der Waals surface area contributed by atoms with Crippen molar-refractivity contribution in [3.8, 4) is 0 Å². The number of nitrogens with zero attached hydrogens (tertiary/aromatic N) is 1. The van der Waals surface area contributed by atoms with E-state index in [2.05, 4.69) is 20.8 Å². The van der Waals surface area contributed by atoms with Gasteiger partial charge >= 0.3 is 0 Å². The molecule has 2 rings (SSSR count). The van der Waals surface area contributed by atoms with Crippen molar-refractivity contribution in [2.24, 2.45) is 5.73 Å². The Hall–Kier alpha value is -0.320. The number of halogens is 1. The largest absolute Gasteiger partial charge is 0.462 e. The molecule has 0 bridgehead atoms. The zero-order valence-electron chi connectivity index (χ0n) is 8.13. The van der Waals surface area contributed by atoms with E-state index in [0.29, 0.717) is 6.54 Å². The van der Waals surface area contributed by atoms with Crippen molar-refractivity contribution in [3.05, 3.63) is 22.1 Å². The van der Waals surface area contributed by atoms with Crippen LogP contribution in [0.15, 0.2) is 15.0 Å². The lowest BCUT2D eigenvalue weighted by Gasteiger charge is -2.11. The Morgan fingerprint density at radius 3 is 2.71 bits per heavy atom. The molecule has 1 saturated heterocycles. The van der Waals surface area contributed by atoms with Crippen molar-refractivity contribution >= 4 is 15.9 Å². The maximum Gasteiger partial charge on any atom is 0.131 e. The highest BCUT2D eigenvalue weighted by molar-refractivity contribution is 9.10. The Bertz CT molecular complexity index is 305. The number of furan rings is 1. The average Bonchev–Trinajstić information content (AvgIpc) is 2.76. The van der Waals surface area contributed by atoms with Crippen LogP contribution < -0.4 is 5.73 Å². The van der Waals surface area contributed by atoms with Gasteiger partial charge in [0.25, 0.3) is 0 Å². The highest BCUT2D eigenvalue weighted by atomic mass is 79.9. The molecule has 0 atom stereocenters. The van der Waals surface area contributed by atoms with E-state index in [1.807, 2.05) is 6.07 Å².